The van der Waals surface area contributed by atoms with Crippen molar-refractivity contribution in [3.8, 4) is 0 Å². The number of hydrogen-bond acceptors (Lipinski definition) is 2. The van der Waals surface area contributed by atoms with Crippen molar-refractivity contribution in [1.29, 1.82) is 0 Å². The summed E-state index contributed by atoms with van der Waals surface area (Å²) in [6, 6.07) is 6.46. The molecule has 4 heteroatoms. The number of aryl methyl sites for hydroxylation is 1. The normalized spacial score (nSPS) is 13.3. The topological polar surface area (TPSA) is 37.2 Å². The maximum Gasteiger partial charge on any atom is 0.0529 e. The number of fused-ring (bicyclic) bond motifs is 1. The lowest BCUT2D eigenvalue weighted by Crippen LogP contribution is -2.21. The zero-order valence-electron chi connectivity index (χ0n) is 12.4. The Bertz CT molecular complexity index is 575. The van der Waals surface area contributed by atoms with Crippen molar-refractivity contribution in [3.05, 3.63) is 35.0 Å². The minimum absolute atomic E-state index is 0.288. The minimum atomic E-state index is -0.288. The van der Waals surface area contributed by atoms with Gasteiger partial charge in [0.1, 0.15) is 0 Å². The Morgan fingerprint density at radius 3 is 2.70 bits per heavy atom. The molecule has 110 valence electrons. The summed E-state index contributed by atoms with van der Waals surface area (Å²) in [5.41, 5.74) is 2.41. The van der Waals surface area contributed by atoms with E-state index in [1.165, 1.54) is 10.9 Å². The van der Waals surface area contributed by atoms with E-state index in [9.17, 15) is 5.11 Å². The van der Waals surface area contributed by atoms with Crippen molar-refractivity contribution in [2.24, 2.45) is 0 Å². The lowest BCUT2D eigenvalue weighted by Gasteiger charge is -2.07. The van der Waals surface area contributed by atoms with Gasteiger partial charge in [-0.2, -0.15) is 0 Å². The van der Waals surface area contributed by atoms with E-state index in [1.54, 1.807) is 0 Å². The standard InChI is InChI=1S/C16H23ClN2O/c1-11(2)18-9-13-10-19(7-6-12(3)20)16-8-14(17)4-5-15(13)16/h4-5,8,10-12,18,20H,6-7,9H2,1-3H3. The molecule has 3 nitrogen and oxygen atoms in total. The molecule has 0 saturated heterocycles. The van der Waals surface area contributed by atoms with Gasteiger partial charge in [0.05, 0.1) is 6.10 Å². The second-order valence-electron chi connectivity index (χ2n) is 5.68. The summed E-state index contributed by atoms with van der Waals surface area (Å²) in [5.74, 6) is 0. The maximum atomic E-state index is 9.47. The molecule has 0 saturated carbocycles. The maximum absolute atomic E-state index is 9.47. The van der Waals surface area contributed by atoms with Gasteiger partial charge in [-0.1, -0.05) is 31.5 Å². The summed E-state index contributed by atoms with van der Waals surface area (Å²) in [5, 5.41) is 14.9. The molecular weight excluding hydrogens is 272 g/mol. The average molecular weight is 295 g/mol. The van der Waals surface area contributed by atoms with Crippen LogP contribution in [0.4, 0.5) is 0 Å². The summed E-state index contributed by atoms with van der Waals surface area (Å²) in [6.45, 7) is 7.75. The van der Waals surface area contributed by atoms with E-state index in [4.69, 9.17) is 11.6 Å². The predicted octanol–water partition coefficient (Wildman–Crippen LogP) is 3.56. The third-order valence-electron chi connectivity index (χ3n) is 3.42. The summed E-state index contributed by atoms with van der Waals surface area (Å²) in [4.78, 5) is 0. The Balaban J connectivity index is 2.32. The largest absolute Gasteiger partial charge is 0.393 e. The first-order valence-electron chi connectivity index (χ1n) is 7.16. The second kappa shape index (κ2) is 6.61. The molecule has 0 amide bonds. The Morgan fingerprint density at radius 1 is 1.30 bits per heavy atom. The van der Waals surface area contributed by atoms with Crippen LogP contribution in [0.15, 0.2) is 24.4 Å². The van der Waals surface area contributed by atoms with Gasteiger partial charge in [0.15, 0.2) is 0 Å². The molecule has 1 aromatic heterocycles. The highest BCUT2D eigenvalue weighted by Gasteiger charge is 2.10. The van der Waals surface area contributed by atoms with Gasteiger partial charge in [-0.25, -0.2) is 0 Å². The van der Waals surface area contributed by atoms with E-state index in [1.807, 2.05) is 19.1 Å². The Morgan fingerprint density at radius 2 is 2.05 bits per heavy atom. The third kappa shape index (κ3) is 3.75. The molecule has 1 aromatic carbocycles. The Kier molecular flexibility index (Phi) is 5.08. The molecule has 1 atom stereocenters. The monoisotopic (exact) mass is 294 g/mol. The highest BCUT2D eigenvalue weighted by molar-refractivity contribution is 6.31. The van der Waals surface area contributed by atoms with Gasteiger partial charge in [0, 0.05) is 41.3 Å². The van der Waals surface area contributed by atoms with Crippen LogP contribution < -0.4 is 5.32 Å². The molecule has 0 bridgehead atoms. The number of nitrogens with one attached hydrogen (secondary N) is 1. The minimum Gasteiger partial charge on any atom is -0.393 e. The molecule has 1 heterocycles. The Labute approximate surface area is 125 Å². The molecule has 0 aliphatic heterocycles. The molecule has 2 rings (SSSR count). The smallest absolute Gasteiger partial charge is 0.0529 e. The fraction of sp³-hybridized carbons (Fsp3) is 0.500. The van der Waals surface area contributed by atoms with Gasteiger partial charge in [0.25, 0.3) is 0 Å². The zero-order chi connectivity index (χ0) is 14.7. The lowest BCUT2D eigenvalue weighted by molar-refractivity contribution is 0.178. The van der Waals surface area contributed by atoms with E-state index < -0.39 is 0 Å². The first-order chi connectivity index (χ1) is 9.47. The van der Waals surface area contributed by atoms with Crippen LogP contribution in [-0.4, -0.2) is 21.8 Å². The predicted molar refractivity (Wildman–Crippen MR) is 85.2 cm³/mol. The second-order valence-corrected chi connectivity index (χ2v) is 6.12. The highest BCUT2D eigenvalue weighted by Crippen LogP contribution is 2.25. The number of aromatic nitrogens is 1. The molecule has 20 heavy (non-hydrogen) atoms. The van der Waals surface area contributed by atoms with Crippen LogP contribution in [-0.2, 0) is 13.1 Å². The lowest BCUT2D eigenvalue weighted by atomic mass is 10.1. The molecule has 0 aliphatic rings. The summed E-state index contributed by atoms with van der Waals surface area (Å²) < 4.78 is 2.19. The van der Waals surface area contributed by atoms with E-state index in [2.05, 4.69) is 36.0 Å². The molecule has 0 spiro atoms. The van der Waals surface area contributed by atoms with Gasteiger partial charge >= 0.3 is 0 Å². The van der Waals surface area contributed by atoms with Gasteiger partial charge in [-0.15, -0.1) is 0 Å². The number of halogens is 1. The van der Waals surface area contributed by atoms with E-state index in [0.717, 1.165) is 30.0 Å². The fourth-order valence-electron chi connectivity index (χ4n) is 2.31. The van der Waals surface area contributed by atoms with Gasteiger partial charge in [-0.05, 0) is 31.0 Å². The van der Waals surface area contributed by atoms with Gasteiger partial charge in [-0.3, -0.25) is 0 Å². The number of benzene rings is 1. The quantitative estimate of drug-likeness (QED) is 0.855. The van der Waals surface area contributed by atoms with Gasteiger partial charge in [0.2, 0.25) is 0 Å². The van der Waals surface area contributed by atoms with Crippen molar-refractivity contribution in [3.63, 3.8) is 0 Å². The van der Waals surface area contributed by atoms with Crippen LogP contribution in [0, 0.1) is 0 Å². The summed E-state index contributed by atoms with van der Waals surface area (Å²) in [7, 11) is 0. The number of rotatable bonds is 6. The van der Waals surface area contributed by atoms with Crippen LogP contribution in [0.25, 0.3) is 10.9 Å². The van der Waals surface area contributed by atoms with Crippen LogP contribution in [0.5, 0.6) is 0 Å². The Hall–Kier alpha value is -1.03. The molecule has 0 radical (unpaired) electrons. The molecule has 1 unspecified atom stereocenters. The van der Waals surface area contributed by atoms with E-state index in [0.29, 0.717) is 6.04 Å². The molecule has 0 aliphatic carbocycles. The third-order valence-corrected chi connectivity index (χ3v) is 3.65. The molecule has 2 N–H and O–H groups in total. The zero-order valence-corrected chi connectivity index (χ0v) is 13.1. The van der Waals surface area contributed by atoms with Crippen LogP contribution in [0.1, 0.15) is 32.8 Å². The average Bonchev–Trinajstić information content (AvgIpc) is 2.71. The first kappa shape index (κ1) is 15.4. The number of hydrogen-bond donors (Lipinski definition) is 2. The first-order valence-corrected chi connectivity index (χ1v) is 7.54. The van der Waals surface area contributed by atoms with Crippen LogP contribution >= 0.6 is 11.6 Å². The van der Waals surface area contributed by atoms with Crippen molar-refractivity contribution in [2.75, 3.05) is 0 Å². The SMILES string of the molecule is CC(O)CCn1cc(CNC(C)C)c2ccc(Cl)cc21. The van der Waals surface area contributed by atoms with Crippen molar-refractivity contribution < 1.29 is 5.11 Å². The molecule has 2 aromatic rings. The van der Waals surface area contributed by atoms with E-state index >= 15 is 0 Å². The number of nitrogens with zero attached hydrogens (tertiary/aromatic N) is 1. The van der Waals surface area contributed by atoms with Crippen molar-refractivity contribution in [1.82, 2.24) is 9.88 Å². The fourth-order valence-corrected chi connectivity index (χ4v) is 2.47. The number of aliphatic hydroxyl groups excluding tert-OH is 1. The van der Waals surface area contributed by atoms with Gasteiger partial charge < -0.3 is 15.0 Å². The molecular formula is C16H23ClN2O. The highest BCUT2D eigenvalue weighted by atomic mass is 35.5. The van der Waals surface area contributed by atoms with E-state index in [-0.39, 0.29) is 6.10 Å². The summed E-state index contributed by atoms with van der Waals surface area (Å²) in [6.07, 6.45) is 2.62. The number of aliphatic hydroxyl groups is 1. The van der Waals surface area contributed by atoms with Crippen LogP contribution in [0.2, 0.25) is 5.02 Å². The summed E-state index contributed by atoms with van der Waals surface area (Å²) >= 11 is 6.11. The van der Waals surface area contributed by atoms with Crippen molar-refractivity contribution >= 4 is 22.5 Å². The molecule has 0 fully saturated rings. The van der Waals surface area contributed by atoms with Crippen LogP contribution in [0.3, 0.4) is 0 Å². The van der Waals surface area contributed by atoms with Crippen molar-refractivity contribution in [2.45, 2.75) is 52.4 Å².